The lowest BCUT2D eigenvalue weighted by Gasteiger charge is -2.18. The number of likely N-dealkylation sites (N-methyl/N-ethyl adjacent to an activating group) is 1. The maximum absolute atomic E-state index is 12.0. The first-order chi connectivity index (χ1) is 8.41. The number of nitrogens with zero attached hydrogens (tertiary/aromatic N) is 3. The van der Waals surface area contributed by atoms with Crippen LogP contribution in [0.25, 0.3) is 11.2 Å². The number of fused-ring (bicyclic) bond motifs is 1. The molecular weight excluding hydrogens is 316 g/mol. The van der Waals surface area contributed by atoms with Crippen LogP contribution in [-0.2, 0) is 4.79 Å². The van der Waals surface area contributed by atoms with Gasteiger partial charge in [-0.05, 0) is 41.1 Å². The summed E-state index contributed by atoms with van der Waals surface area (Å²) in [4.78, 5) is 20.9. The first-order valence-electron chi connectivity index (χ1n) is 5.38. The lowest BCUT2D eigenvalue weighted by Crippen LogP contribution is -2.30. The Morgan fingerprint density at radius 1 is 1.61 bits per heavy atom. The van der Waals surface area contributed by atoms with Crippen molar-refractivity contribution in [3.8, 4) is 0 Å². The fraction of sp³-hybridized carbons (Fsp3) is 0.364. The van der Waals surface area contributed by atoms with Crippen LogP contribution in [0.15, 0.2) is 16.7 Å². The van der Waals surface area contributed by atoms with Gasteiger partial charge in [0, 0.05) is 24.8 Å². The van der Waals surface area contributed by atoms with Crippen molar-refractivity contribution in [2.24, 2.45) is 0 Å². The summed E-state index contributed by atoms with van der Waals surface area (Å²) >= 11 is 8.61. The van der Waals surface area contributed by atoms with Crippen LogP contribution < -0.4 is 0 Å². The number of carbonyl (C=O) groups is 1. The van der Waals surface area contributed by atoms with Crippen molar-refractivity contribution in [1.82, 2.24) is 19.4 Å². The molecule has 2 heterocycles. The fourth-order valence-electron chi connectivity index (χ4n) is 1.83. The first-order valence-corrected chi connectivity index (χ1v) is 6.59. The van der Waals surface area contributed by atoms with E-state index in [0.29, 0.717) is 10.4 Å². The molecule has 1 amide bonds. The van der Waals surface area contributed by atoms with Gasteiger partial charge in [0.05, 0.1) is 5.52 Å². The number of imidazole rings is 1. The highest BCUT2D eigenvalue weighted by Crippen LogP contribution is 2.21. The lowest BCUT2D eigenvalue weighted by molar-refractivity contribution is -0.131. The Bertz CT molecular complexity index is 661. The van der Waals surface area contributed by atoms with E-state index in [0.717, 1.165) is 9.99 Å². The quantitative estimate of drug-likeness (QED) is 0.862. The van der Waals surface area contributed by atoms with E-state index >= 15 is 0 Å². The predicted octanol–water partition coefficient (Wildman–Crippen LogP) is 2.51. The second kappa shape index (κ2) is 4.81. The van der Waals surface area contributed by atoms with Gasteiger partial charge in [0.1, 0.15) is 6.04 Å². The summed E-state index contributed by atoms with van der Waals surface area (Å²) in [6.07, 6.45) is 1.69. The molecule has 0 saturated heterocycles. The Labute approximate surface area is 118 Å². The molecule has 7 heteroatoms. The molecule has 2 aromatic rings. The second-order valence-corrected chi connectivity index (χ2v) is 5.54. The number of aromatic amines is 1. The van der Waals surface area contributed by atoms with Crippen molar-refractivity contribution in [3.63, 3.8) is 0 Å². The van der Waals surface area contributed by atoms with Gasteiger partial charge in [-0.2, -0.15) is 0 Å². The molecule has 0 bridgehead atoms. The summed E-state index contributed by atoms with van der Waals surface area (Å²) in [5.74, 6) is -0.0169. The van der Waals surface area contributed by atoms with Crippen molar-refractivity contribution in [2.45, 2.75) is 13.0 Å². The average molecular weight is 329 g/mol. The normalized spacial score (nSPS) is 12.7. The molecule has 2 aromatic heterocycles. The Morgan fingerprint density at radius 3 is 2.89 bits per heavy atom. The summed E-state index contributed by atoms with van der Waals surface area (Å²) in [6, 6.07) is 1.51. The van der Waals surface area contributed by atoms with Crippen LogP contribution in [-0.4, -0.2) is 39.4 Å². The van der Waals surface area contributed by atoms with E-state index in [-0.39, 0.29) is 11.9 Å². The number of carbonyl (C=O) groups excluding carboxylic acids is 1. The third-order valence-electron chi connectivity index (χ3n) is 2.71. The molecule has 0 aromatic carbocycles. The van der Waals surface area contributed by atoms with Gasteiger partial charge in [0.2, 0.25) is 5.91 Å². The van der Waals surface area contributed by atoms with E-state index in [2.05, 4.69) is 25.9 Å². The molecule has 1 N–H and O–H groups in total. The molecule has 18 heavy (non-hydrogen) atoms. The summed E-state index contributed by atoms with van der Waals surface area (Å²) in [5.41, 5.74) is 1.50. The predicted molar refractivity (Wildman–Crippen MR) is 76.0 cm³/mol. The Morgan fingerprint density at radius 2 is 2.28 bits per heavy atom. The molecule has 0 spiro atoms. The SMILES string of the molecule is CC(C(=O)N(C)C)n1c(=S)[nH]c2cc(Br)cnc21. The molecule has 0 aliphatic heterocycles. The third kappa shape index (κ3) is 2.20. The van der Waals surface area contributed by atoms with Crippen molar-refractivity contribution in [1.29, 1.82) is 0 Å². The Balaban J connectivity index is 2.61. The number of hydrogen-bond acceptors (Lipinski definition) is 3. The zero-order valence-electron chi connectivity index (χ0n) is 10.3. The molecule has 0 saturated carbocycles. The maximum atomic E-state index is 12.0. The molecule has 1 unspecified atom stereocenters. The maximum Gasteiger partial charge on any atom is 0.244 e. The highest BCUT2D eigenvalue weighted by molar-refractivity contribution is 9.10. The first kappa shape index (κ1) is 13.2. The monoisotopic (exact) mass is 328 g/mol. The number of rotatable bonds is 2. The number of halogens is 1. The number of H-pyrrole nitrogens is 1. The highest BCUT2D eigenvalue weighted by Gasteiger charge is 2.20. The lowest BCUT2D eigenvalue weighted by atomic mass is 10.3. The van der Waals surface area contributed by atoms with Gasteiger partial charge >= 0.3 is 0 Å². The molecule has 1 atom stereocenters. The van der Waals surface area contributed by atoms with Gasteiger partial charge in [-0.3, -0.25) is 9.36 Å². The topological polar surface area (TPSA) is 53.9 Å². The zero-order chi connectivity index (χ0) is 13.4. The van der Waals surface area contributed by atoms with E-state index in [4.69, 9.17) is 12.2 Å². The average Bonchev–Trinajstić information content (AvgIpc) is 2.62. The van der Waals surface area contributed by atoms with Crippen LogP contribution in [0.5, 0.6) is 0 Å². The van der Waals surface area contributed by atoms with Gasteiger partial charge in [0.15, 0.2) is 10.4 Å². The number of pyridine rings is 1. The minimum atomic E-state index is -0.380. The van der Waals surface area contributed by atoms with E-state index in [9.17, 15) is 4.79 Å². The van der Waals surface area contributed by atoms with E-state index in [1.807, 2.05) is 13.0 Å². The van der Waals surface area contributed by atoms with Crippen molar-refractivity contribution >= 4 is 45.2 Å². The van der Waals surface area contributed by atoms with E-state index in [1.54, 1.807) is 29.8 Å². The number of aromatic nitrogens is 3. The molecule has 0 aliphatic carbocycles. The Hall–Kier alpha value is -1.21. The zero-order valence-corrected chi connectivity index (χ0v) is 12.7. The van der Waals surface area contributed by atoms with Crippen molar-refractivity contribution < 1.29 is 4.79 Å². The van der Waals surface area contributed by atoms with Gasteiger partial charge in [-0.15, -0.1) is 0 Å². The molecule has 2 rings (SSSR count). The summed E-state index contributed by atoms with van der Waals surface area (Å²) in [7, 11) is 3.45. The van der Waals surface area contributed by atoms with Gasteiger partial charge in [-0.25, -0.2) is 4.98 Å². The van der Waals surface area contributed by atoms with Gasteiger partial charge in [0.25, 0.3) is 0 Å². The third-order valence-corrected chi connectivity index (χ3v) is 3.44. The van der Waals surface area contributed by atoms with E-state index < -0.39 is 0 Å². The molecule has 0 aliphatic rings. The van der Waals surface area contributed by atoms with Crippen molar-refractivity contribution in [3.05, 3.63) is 21.5 Å². The number of amides is 1. The van der Waals surface area contributed by atoms with Crippen LogP contribution in [0.4, 0.5) is 0 Å². The molecule has 96 valence electrons. The van der Waals surface area contributed by atoms with Crippen LogP contribution in [0.1, 0.15) is 13.0 Å². The summed E-state index contributed by atoms with van der Waals surface area (Å²) < 4.78 is 3.10. The molecule has 0 fully saturated rings. The van der Waals surface area contributed by atoms with Gasteiger partial charge in [-0.1, -0.05) is 0 Å². The second-order valence-electron chi connectivity index (χ2n) is 4.23. The smallest absolute Gasteiger partial charge is 0.244 e. The minimum Gasteiger partial charge on any atom is -0.347 e. The number of hydrogen-bond donors (Lipinski definition) is 1. The van der Waals surface area contributed by atoms with E-state index in [1.165, 1.54) is 0 Å². The van der Waals surface area contributed by atoms with Crippen molar-refractivity contribution in [2.75, 3.05) is 14.1 Å². The fourth-order valence-corrected chi connectivity index (χ4v) is 2.52. The summed E-state index contributed by atoms with van der Waals surface area (Å²) in [6.45, 7) is 1.81. The van der Waals surface area contributed by atoms with Gasteiger partial charge < -0.3 is 9.88 Å². The Kier molecular flexibility index (Phi) is 3.54. The van der Waals surface area contributed by atoms with Crippen LogP contribution in [0, 0.1) is 4.77 Å². The molecule has 0 radical (unpaired) electrons. The molecular formula is C11H13BrN4OS. The standard InChI is InChI=1S/C11H13BrN4OS/c1-6(10(17)15(2)3)16-9-8(14-11(16)18)4-7(12)5-13-9/h4-6H,1-3H3,(H,14,18). The highest BCUT2D eigenvalue weighted by atomic mass is 79.9. The summed E-state index contributed by atoms with van der Waals surface area (Å²) in [5, 5.41) is 0. The molecule has 5 nitrogen and oxygen atoms in total. The van der Waals surface area contributed by atoms with Crippen LogP contribution >= 0.6 is 28.1 Å². The van der Waals surface area contributed by atoms with Crippen LogP contribution in [0.3, 0.4) is 0 Å². The number of nitrogens with one attached hydrogen (secondary N) is 1. The minimum absolute atomic E-state index is 0.0169. The van der Waals surface area contributed by atoms with Crippen LogP contribution in [0.2, 0.25) is 0 Å². The largest absolute Gasteiger partial charge is 0.347 e.